The summed E-state index contributed by atoms with van der Waals surface area (Å²) < 4.78 is 25.2. The lowest BCUT2D eigenvalue weighted by Crippen LogP contribution is -2.16. The lowest BCUT2D eigenvalue weighted by atomic mass is 10.1. The topological polar surface area (TPSA) is 51.2 Å². The predicted molar refractivity (Wildman–Crippen MR) is 87.0 cm³/mol. The first-order chi connectivity index (χ1) is 9.79. The Morgan fingerprint density at radius 3 is 2.29 bits per heavy atom. The number of Topliss-reactive ketones (excluding diaryl/α,β-unsaturated/α-hetero) is 1. The lowest BCUT2D eigenvalue weighted by Gasteiger charge is -2.06. The van der Waals surface area contributed by atoms with Crippen LogP contribution >= 0.6 is 39.1 Å². The highest BCUT2D eigenvalue weighted by molar-refractivity contribution is 9.10. The summed E-state index contributed by atoms with van der Waals surface area (Å²) in [6.07, 6.45) is 0. The van der Waals surface area contributed by atoms with Crippen LogP contribution in [0.25, 0.3) is 0 Å². The van der Waals surface area contributed by atoms with Gasteiger partial charge in [0.25, 0.3) is 0 Å². The standard InChI is InChI=1S/C14H9BrCl2O3S/c15-9-1-4-11(5-2-9)21(19,20)8-14(18)12-7-10(16)3-6-13(12)17/h1-7H,8H2. The van der Waals surface area contributed by atoms with Gasteiger partial charge in [-0.2, -0.15) is 0 Å². The number of hydrogen-bond donors (Lipinski definition) is 0. The van der Waals surface area contributed by atoms with Crippen molar-refractivity contribution in [2.24, 2.45) is 0 Å². The number of rotatable bonds is 4. The van der Waals surface area contributed by atoms with E-state index in [0.29, 0.717) is 5.02 Å². The molecule has 0 aliphatic rings. The van der Waals surface area contributed by atoms with Crippen molar-refractivity contribution in [1.29, 1.82) is 0 Å². The number of halogens is 3. The van der Waals surface area contributed by atoms with Crippen LogP contribution in [0.4, 0.5) is 0 Å². The van der Waals surface area contributed by atoms with Gasteiger partial charge in [-0.1, -0.05) is 39.1 Å². The van der Waals surface area contributed by atoms with Gasteiger partial charge < -0.3 is 0 Å². The molecule has 0 heterocycles. The molecule has 3 nitrogen and oxygen atoms in total. The Balaban J connectivity index is 2.30. The first-order valence-corrected chi connectivity index (χ1v) is 8.96. The van der Waals surface area contributed by atoms with E-state index in [4.69, 9.17) is 23.2 Å². The molecule has 0 atom stereocenters. The molecule has 110 valence electrons. The lowest BCUT2D eigenvalue weighted by molar-refractivity contribution is 0.102. The molecule has 0 aliphatic heterocycles. The molecule has 0 unspecified atom stereocenters. The molecule has 7 heteroatoms. The van der Waals surface area contributed by atoms with E-state index >= 15 is 0 Å². The fourth-order valence-electron chi connectivity index (χ4n) is 1.69. The van der Waals surface area contributed by atoms with Crippen molar-refractivity contribution in [2.45, 2.75) is 4.90 Å². The van der Waals surface area contributed by atoms with E-state index in [1.165, 1.54) is 30.3 Å². The van der Waals surface area contributed by atoms with Crippen LogP contribution in [0.3, 0.4) is 0 Å². The van der Waals surface area contributed by atoms with E-state index in [2.05, 4.69) is 15.9 Å². The number of carbonyl (C=O) groups is 1. The summed E-state index contributed by atoms with van der Waals surface area (Å²) in [5.41, 5.74) is 0.102. The summed E-state index contributed by atoms with van der Waals surface area (Å²) in [5.74, 6) is -1.25. The quantitative estimate of drug-likeness (QED) is 0.705. The normalized spacial score (nSPS) is 11.4. The van der Waals surface area contributed by atoms with E-state index in [-0.39, 0.29) is 15.5 Å². The molecule has 0 amide bonds. The summed E-state index contributed by atoms with van der Waals surface area (Å²) in [7, 11) is -3.73. The maximum Gasteiger partial charge on any atom is 0.185 e. The average Bonchev–Trinajstić information content (AvgIpc) is 2.41. The number of benzene rings is 2. The van der Waals surface area contributed by atoms with Crippen molar-refractivity contribution in [2.75, 3.05) is 5.75 Å². The monoisotopic (exact) mass is 406 g/mol. The van der Waals surface area contributed by atoms with Crippen molar-refractivity contribution in [1.82, 2.24) is 0 Å². The molecule has 0 aromatic heterocycles. The van der Waals surface area contributed by atoms with Crippen molar-refractivity contribution >= 4 is 54.8 Å². The molecule has 0 spiro atoms. The second kappa shape index (κ2) is 6.48. The maximum atomic E-state index is 12.2. The maximum absolute atomic E-state index is 12.2. The highest BCUT2D eigenvalue weighted by Crippen LogP contribution is 2.23. The fraction of sp³-hybridized carbons (Fsp3) is 0.0714. The van der Waals surface area contributed by atoms with E-state index in [1.807, 2.05) is 0 Å². The van der Waals surface area contributed by atoms with E-state index in [1.54, 1.807) is 12.1 Å². The molecule has 2 aromatic rings. The van der Waals surface area contributed by atoms with Gasteiger partial charge in [-0.25, -0.2) is 8.42 Å². The van der Waals surface area contributed by atoms with Crippen molar-refractivity contribution in [3.8, 4) is 0 Å². The third-order valence-corrected chi connectivity index (χ3v) is 5.45. The van der Waals surface area contributed by atoms with Gasteiger partial charge in [0.2, 0.25) is 0 Å². The molecule has 2 aromatic carbocycles. The minimum atomic E-state index is -3.73. The van der Waals surface area contributed by atoms with Crippen LogP contribution in [0.1, 0.15) is 10.4 Å². The Bertz CT molecular complexity index is 786. The SMILES string of the molecule is O=C(CS(=O)(=O)c1ccc(Br)cc1)c1cc(Cl)ccc1Cl. The zero-order valence-electron chi connectivity index (χ0n) is 10.5. The van der Waals surface area contributed by atoms with Crippen LogP contribution in [0, 0.1) is 0 Å². The molecule has 0 aliphatic carbocycles. The first kappa shape index (κ1) is 16.5. The van der Waals surface area contributed by atoms with Gasteiger partial charge in [0.1, 0.15) is 5.75 Å². The number of carbonyl (C=O) groups excluding carboxylic acids is 1. The highest BCUT2D eigenvalue weighted by atomic mass is 79.9. The molecule has 0 fully saturated rings. The molecule has 0 radical (unpaired) electrons. The van der Waals surface area contributed by atoms with Gasteiger partial charge in [-0.15, -0.1) is 0 Å². The van der Waals surface area contributed by atoms with Crippen LogP contribution in [0.15, 0.2) is 51.8 Å². The number of hydrogen-bond acceptors (Lipinski definition) is 3. The van der Waals surface area contributed by atoms with Crippen LogP contribution in [-0.2, 0) is 9.84 Å². The molecule has 21 heavy (non-hydrogen) atoms. The van der Waals surface area contributed by atoms with Crippen molar-refractivity contribution < 1.29 is 13.2 Å². The highest BCUT2D eigenvalue weighted by Gasteiger charge is 2.22. The Labute approximate surface area is 140 Å². The van der Waals surface area contributed by atoms with E-state index in [9.17, 15) is 13.2 Å². The van der Waals surface area contributed by atoms with Gasteiger partial charge >= 0.3 is 0 Å². The summed E-state index contributed by atoms with van der Waals surface area (Å²) in [6, 6.07) is 10.4. The summed E-state index contributed by atoms with van der Waals surface area (Å²) >= 11 is 14.9. The Hall–Kier alpha value is -0.880. The summed E-state index contributed by atoms with van der Waals surface area (Å²) in [4.78, 5) is 12.2. The zero-order valence-corrected chi connectivity index (χ0v) is 14.4. The van der Waals surface area contributed by atoms with E-state index < -0.39 is 21.4 Å². The molecular weight excluding hydrogens is 399 g/mol. The summed E-state index contributed by atoms with van der Waals surface area (Å²) in [5, 5.41) is 0.499. The van der Waals surface area contributed by atoms with Crippen LogP contribution in [0.5, 0.6) is 0 Å². The van der Waals surface area contributed by atoms with Crippen LogP contribution < -0.4 is 0 Å². The largest absolute Gasteiger partial charge is 0.293 e. The molecule has 0 bridgehead atoms. The van der Waals surface area contributed by atoms with Gasteiger partial charge in [0.05, 0.1) is 9.92 Å². The Morgan fingerprint density at radius 2 is 1.67 bits per heavy atom. The second-order valence-electron chi connectivity index (χ2n) is 4.26. The molecule has 2 rings (SSSR count). The smallest absolute Gasteiger partial charge is 0.185 e. The minimum absolute atomic E-state index is 0.0807. The molecule has 0 saturated heterocycles. The Morgan fingerprint density at radius 1 is 1.05 bits per heavy atom. The predicted octanol–water partition coefficient (Wildman–Crippen LogP) is 4.41. The molecule has 0 N–H and O–H groups in total. The number of sulfone groups is 1. The van der Waals surface area contributed by atoms with Crippen LogP contribution in [-0.4, -0.2) is 20.0 Å². The Kier molecular flexibility index (Phi) is 5.09. The molecular formula is C14H9BrCl2O3S. The third-order valence-electron chi connectivity index (χ3n) is 2.72. The third kappa shape index (κ3) is 4.07. The van der Waals surface area contributed by atoms with Gasteiger partial charge in [0.15, 0.2) is 15.6 Å². The summed E-state index contributed by atoms with van der Waals surface area (Å²) in [6.45, 7) is 0. The first-order valence-electron chi connectivity index (χ1n) is 5.76. The van der Waals surface area contributed by atoms with Crippen molar-refractivity contribution in [3.05, 3.63) is 62.5 Å². The van der Waals surface area contributed by atoms with E-state index in [0.717, 1.165) is 4.47 Å². The van der Waals surface area contributed by atoms with Gasteiger partial charge in [-0.3, -0.25) is 4.79 Å². The van der Waals surface area contributed by atoms with Gasteiger partial charge in [0, 0.05) is 15.1 Å². The van der Waals surface area contributed by atoms with Crippen LogP contribution in [0.2, 0.25) is 10.0 Å². The van der Waals surface area contributed by atoms with Gasteiger partial charge in [-0.05, 0) is 42.5 Å². The molecule has 0 saturated carbocycles. The second-order valence-corrected chi connectivity index (χ2v) is 8.01. The average molecular weight is 408 g/mol. The minimum Gasteiger partial charge on any atom is -0.293 e. The zero-order chi connectivity index (χ0) is 15.6. The number of ketones is 1. The fourth-order valence-corrected chi connectivity index (χ4v) is 3.56. The van der Waals surface area contributed by atoms with Crippen molar-refractivity contribution in [3.63, 3.8) is 0 Å².